The van der Waals surface area contributed by atoms with Gasteiger partial charge >= 0.3 is 12.2 Å². The van der Waals surface area contributed by atoms with Gasteiger partial charge in [0.05, 0.1) is 17.8 Å². The Balaban J connectivity index is 1.57. The number of likely N-dealkylation sites (N-methyl/N-ethyl adjacent to an activating group) is 1. The summed E-state index contributed by atoms with van der Waals surface area (Å²) < 4.78 is 5.43. The molecule has 1 heterocycles. The largest absolute Gasteiger partial charge is 0.465 e. The summed E-state index contributed by atoms with van der Waals surface area (Å²) in [6.07, 6.45) is -0.226. The van der Waals surface area contributed by atoms with Crippen molar-refractivity contribution in [3.8, 4) is 11.3 Å². The molecule has 5 atom stereocenters. The fourth-order valence-corrected chi connectivity index (χ4v) is 6.79. The molecule has 1 aliphatic rings. The van der Waals surface area contributed by atoms with Crippen LogP contribution in [-0.2, 0) is 27.3 Å². The fraction of sp³-hybridized carbons (Fsp3) is 0.500. The van der Waals surface area contributed by atoms with Gasteiger partial charge in [-0.1, -0.05) is 88.4 Å². The first-order chi connectivity index (χ1) is 25.8. The molecule has 4 rings (SSSR count). The van der Waals surface area contributed by atoms with Gasteiger partial charge in [0.15, 0.2) is 0 Å². The van der Waals surface area contributed by atoms with Crippen molar-refractivity contribution in [2.24, 2.45) is 17.3 Å². The number of aliphatic hydroxyl groups is 1. The number of ether oxygens (including phenoxy) is 1. The maximum atomic E-state index is 13.9. The van der Waals surface area contributed by atoms with E-state index >= 15 is 0 Å². The van der Waals surface area contributed by atoms with Gasteiger partial charge < -0.3 is 25.6 Å². The van der Waals surface area contributed by atoms with Gasteiger partial charge in [-0.2, -0.15) is 0 Å². The first kappa shape index (κ1) is 42.7. The number of aliphatic hydroxyl groups excluding tert-OH is 1. The van der Waals surface area contributed by atoms with E-state index < -0.39 is 53.2 Å². The average molecular weight is 759 g/mol. The van der Waals surface area contributed by atoms with Crippen molar-refractivity contribution in [2.75, 3.05) is 13.6 Å². The first-order valence-corrected chi connectivity index (χ1v) is 18.9. The van der Waals surface area contributed by atoms with E-state index in [0.29, 0.717) is 12.8 Å². The van der Waals surface area contributed by atoms with Gasteiger partial charge in [0.25, 0.3) is 5.91 Å². The predicted molar refractivity (Wildman–Crippen MR) is 210 cm³/mol. The van der Waals surface area contributed by atoms with Crippen LogP contribution in [0.1, 0.15) is 72.4 Å². The van der Waals surface area contributed by atoms with E-state index in [2.05, 4.69) is 21.0 Å². The van der Waals surface area contributed by atoms with Gasteiger partial charge in [-0.3, -0.25) is 24.9 Å². The second kappa shape index (κ2) is 18.5. The molecular weight excluding hydrogens is 700 g/mol. The van der Waals surface area contributed by atoms with Gasteiger partial charge in [0.1, 0.15) is 11.6 Å². The number of nitrogens with zero attached hydrogens (tertiary/aromatic N) is 3. The van der Waals surface area contributed by atoms with Gasteiger partial charge in [-0.15, -0.1) is 0 Å². The van der Waals surface area contributed by atoms with Crippen LogP contribution in [0.3, 0.4) is 0 Å². The third kappa shape index (κ3) is 12.2. The summed E-state index contributed by atoms with van der Waals surface area (Å²) in [5.74, 6) is -1.21. The summed E-state index contributed by atoms with van der Waals surface area (Å²) in [6, 6.07) is 20.8. The molecule has 5 N–H and O–H groups in total. The van der Waals surface area contributed by atoms with Crippen molar-refractivity contribution in [3.05, 3.63) is 90.1 Å². The topological polar surface area (TPSA) is 173 Å². The molecule has 1 aromatic heterocycles. The van der Waals surface area contributed by atoms with Crippen LogP contribution in [0.2, 0.25) is 0 Å². The average Bonchev–Trinajstić information content (AvgIpc) is 3.11. The Kier molecular flexibility index (Phi) is 14.4. The quantitative estimate of drug-likeness (QED) is 0.116. The van der Waals surface area contributed by atoms with Crippen LogP contribution < -0.4 is 16.1 Å². The number of rotatable bonds is 16. The highest BCUT2D eigenvalue weighted by atomic mass is 16.6. The number of hydrogen-bond donors (Lipinski definition) is 5. The summed E-state index contributed by atoms with van der Waals surface area (Å²) in [4.78, 5) is 57.6. The van der Waals surface area contributed by atoms with Crippen LogP contribution in [0.4, 0.5) is 9.59 Å². The molecule has 1 saturated carbocycles. The molecule has 4 amide bonds. The van der Waals surface area contributed by atoms with Crippen LogP contribution >= 0.6 is 0 Å². The normalized spacial score (nSPS) is 18.0. The van der Waals surface area contributed by atoms with Crippen LogP contribution in [0.25, 0.3) is 11.3 Å². The molecule has 3 aromatic rings. The molecule has 1 fully saturated rings. The van der Waals surface area contributed by atoms with Crippen molar-refractivity contribution < 1.29 is 34.1 Å². The maximum absolute atomic E-state index is 13.9. The number of carbonyl (C=O) groups is 4. The number of benzene rings is 2. The Morgan fingerprint density at radius 2 is 1.62 bits per heavy atom. The number of carbonyl (C=O) groups excluding carboxylic acids is 3. The van der Waals surface area contributed by atoms with E-state index in [-0.39, 0.29) is 37.4 Å². The van der Waals surface area contributed by atoms with Gasteiger partial charge in [-0.25, -0.2) is 14.6 Å². The van der Waals surface area contributed by atoms with Crippen molar-refractivity contribution in [1.82, 2.24) is 31.0 Å². The third-order valence-electron chi connectivity index (χ3n) is 10.1. The van der Waals surface area contributed by atoms with Crippen LogP contribution in [0, 0.1) is 17.3 Å². The summed E-state index contributed by atoms with van der Waals surface area (Å²) >= 11 is 0. The van der Waals surface area contributed by atoms with Crippen LogP contribution in [0.5, 0.6) is 0 Å². The minimum Gasteiger partial charge on any atom is -0.465 e. The lowest BCUT2D eigenvalue weighted by Gasteiger charge is -2.51. The highest BCUT2D eigenvalue weighted by Gasteiger charge is 2.53. The Hall–Kier alpha value is -5.01. The summed E-state index contributed by atoms with van der Waals surface area (Å²) in [5, 5.41) is 29.3. The SMILES string of the molecule is CC(C)C[C@@H](C(=O)NN(Cc1ccc(-c2ccccn2)cc1)C[C@H](O)[C@H](Cc1ccccc1)NC(=O)[C@@H]1C[C@H](NC(=O)OC(C)(C)C)C1(C)C)N(C)C(=O)O. The van der Waals surface area contributed by atoms with E-state index in [1.54, 1.807) is 32.0 Å². The molecule has 13 nitrogen and oxygen atoms in total. The predicted octanol–water partition coefficient (Wildman–Crippen LogP) is 5.63. The van der Waals surface area contributed by atoms with Crippen molar-refractivity contribution in [2.45, 2.75) is 104 Å². The Bertz CT molecular complexity index is 1730. The zero-order valence-electron chi connectivity index (χ0n) is 33.3. The molecule has 0 spiro atoms. The number of hydrogen-bond acceptors (Lipinski definition) is 8. The lowest BCUT2D eigenvalue weighted by molar-refractivity contribution is -0.139. The molecule has 0 unspecified atom stereocenters. The molecule has 0 bridgehead atoms. The standard InChI is InChI=1S/C42H58N6O7/c1-27(2)22-34(47(8)40(53)54)38(51)46-48(25-29-17-19-30(20-18-29)32-16-12-13-21-43-32)26-35(49)33(23-28-14-10-9-11-15-28)44-37(50)31-24-36(42(31,6)7)45-39(52)55-41(3,4)5/h9-21,27,31,33-36,49H,22-26H2,1-8H3,(H,44,50)(H,45,52)(H,46,51)(H,53,54)/t31-,33-,34-,35-,36-/m0/s1. The van der Waals surface area contributed by atoms with E-state index in [0.717, 1.165) is 27.3 Å². The van der Waals surface area contributed by atoms with Crippen LogP contribution in [-0.4, -0.2) is 92.5 Å². The molecule has 1 aliphatic carbocycles. The Labute approximate surface area is 324 Å². The molecule has 0 aliphatic heterocycles. The highest BCUT2D eigenvalue weighted by molar-refractivity contribution is 5.85. The van der Waals surface area contributed by atoms with Crippen LogP contribution in [0.15, 0.2) is 79.0 Å². The monoisotopic (exact) mass is 758 g/mol. The number of hydrazine groups is 1. The Morgan fingerprint density at radius 1 is 0.964 bits per heavy atom. The second-order valence-corrected chi connectivity index (χ2v) is 16.5. The minimum absolute atomic E-state index is 0.0240. The fourth-order valence-electron chi connectivity index (χ4n) is 6.79. The lowest BCUT2D eigenvalue weighted by atomic mass is 9.58. The molecule has 55 heavy (non-hydrogen) atoms. The Morgan fingerprint density at radius 3 is 2.18 bits per heavy atom. The minimum atomic E-state index is -1.23. The highest BCUT2D eigenvalue weighted by Crippen LogP contribution is 2.46. The van der Waals surface area contributed by atoms with Gasteiger partial charge in [-0.05, 0) is 74.6 Å². The maximum Gasteiger partial charge on any atom is 0.407 e. The smallest absolute Gasteiger partial charge is 0.407 e. The van der Waals surface area contributed by atoms with Crippen molar-refractivity contribution in [3.63, 3.8) is 0 Å². The molecule has 298 valence electrons. The summed E-state index contributed by atoms with van der Waals surface area (Å²) in [6.45, 7) is 13.1. The first-order valence-electron chi connectivity index (χ1n) is 18.9. The molecule has 2 aromatic carbocycles. The van der Waals surface area contributed by atoms with E-state index in [9.17, 15) is 29.4 Å². The van der Waals surface area contributed by atoms with Gasteiger partial charge in [0, 0.05) is 43.9 Å². The zero-order valence-corrected chi connectivity index (χ0v) is 33.3. The van der Waals surface area contributed by atoms with E-state index in [1.165, 1.54) is 7.05 Å². The number of amides is 4. The summed E-state index contributed by atoms with van der Waals surface area (Å²) in [5.41, 5.74) is 5.09. The molecule has 13 heteroatoms. The number of pyridine rings is 1. The number of nitrogens with one attached hydrogen (secondary N) is 3. The number of alkyl carbamates (subject to hydrolysis) is 1. The molecule has 0 radical (unpaired) electrons. The number of aromatic nitrogens is 1. The van der Waals surface area contributed by atoms with E-state index in [4.69, 9.17) is 4.74 Å². The molecule has 0 saturated heterocycles. The third-order valence-corrected chi connectivity index (χ3v) is 10.1. The second-order valence-electron chi connectivity index (χ2n) is 16.5. The van der Waals surface area contributed by atoms with Crippen molar-refractivity contribution in [1.29, 1.82) is 0 Å². The summed E-state index contributed by atoms with van der Waals surface area (Å²) in [7, 11) is 1.37. The lowest BCUT2D eigenvalue weighted by Crippen LogP contribution is -2.64. The zero-order chi connectivity index (χ0) is 40.5. The van der Waals surface area contributed by atoms with Crippen molar-refractivity contribution >= 4 is 24.0 Å². The van der Waals surface area contributed by atoms with E-state index in [1.807, 2.05) is 100 Å². The van der Waals surface area contributed by atoms with Gasteiger partial charge in [0.2, 0.25) is 5.91 Å². The molecular formula is C42H58N6O7. The number of carboxylic acid groups (broad SMARTS) is 1.